The first-order valence-electron chi connectivity index (χ1n) is 7.24. The normalized spacial score (nSPS) is 13.9. The van der Waals surface area contributed by atoms with E-state index in [4.69, 9.17) is 0 Å². The Morgan fingerprint density at radius 3 is 2.70 bits per heavy atom. The molecule has 0 spiro atoms. The largest absolute Gasteiger partial charge is 0.370 e. The quantitative estimate of drug-likeness (QED) is 0.787. The fourth-order valence-electron chi connectivity index (χ4n) is 1.99. The Balaban J connectivity index is 2.14. The highest BCUT2D eigenvalue weighted by Gasteiger charge is 2.27. The fourth-order valence-corrected chi connectivity index (χ4v) is 1.99. The highest BCUT2D eigenvalue weighted by Crippen LogP contribution is 2.39. The first-order valence-corrected chi connectivity index (χ1v) is 7.24. The second kappa shape index (κ2) is 6.54. The molecule has 1 aliphatic rings. The van der Waals surface area contributed by atoms with E-state index in [1.54, 1.807) is 0 Å². The van der Waals surface area contributed by atoms with Crippen molar-refractivity contribution < 1.29 is 4.79 Å². The Hall–Kier alpha value is -1.85. The average molecular weight is 277 g/mol. The van der Waals surface area contributed by atoms with Gasteiger partial charge in [-0.05, 0) is 26.7 Å². The number of hydrogen-bond donors (Lipinski definition) is 2. The number of rotatable bonds is 7. The summed E-state index contributed by atoms with van der Waals surface area (Å²) < 4.78 is 0. The van der Waals surface area contributed by atoms with Gasteiger partial charge in [0.05, 0.1) is 6.54 Å². The lowest BCUT2D eigenvalue weighted by molar-refractivity contribution is -0.119. The predicted octanol–water partition coefficient (Wildman–Crippen LogP) is 1.36. The number of amides is 1. The van der Waals surface area contributed by atoms with Crippen LogP contribution in [-0.4, -0.2) is 42.6 Å². The van der Waals surface area contributed by atoms with Gasteiger partial charge in [0.1, 0.15) is 17.5 Å². The van der Waals surface area contributed by atoms with E-state index < -0.39 is 0 Å². The summed E-state index contributed by atoms with van der Waals surface area (Å²) in [6, 6.07) is 1.90. The number of carbonyl (C=O) groups is 1. The SMILES string of the molecule is CCNC(=O)CN(C)c1cc(NCC)nc(C2CC2)n1. The molecule has 1 aromatic rings. The van der Waals surface area contributed by atoms with Crippen LogP contribution in [0.15, 0.2) is 6.07 Å². The summed E-state index contributed by atoms with van der Waals surface area (Å²) in [5.74, 6) is 3.02. The molecular formula is C14H23N5O. The lowest BCUT2D eigenvalue weighted by Crippen LogP contribution is -2.35. The minimum absolute atomic E-state index is 0.00610. The highest BCUT2D eigenvalue weighted by molar-refractivity contribution is 5.80. The van der Waals surface area contributed by atoms with Crippen LogP contribution in [0.2, 0.25) is 0 Å². The van der Waals surface area contributed by atoms with Crippen molar-refractivity contribution in [1.29, 1.82) is 0 Å². The molecule has 1 amide bonds. The van der Waals surface area contributed by atoms with Crippen molar-refractivity contribution in [1.82, 2.24) is 15.3 Å². The first kappa shape index (κ1) is 14.6. The minimum atomic E-state index is 0.00610. The first-order chi connectivity index (χ1) is 9.63. The summed E-state index contributed by atoms with van der Waals surface area (Å²) in [5.41, 5.74) is 0. The molecule has 6 nitrogen and oxygen atoms in total. The Labute approximate surface area is 120 Å². The van der Waals surface area contributed by atoms with E-state index in [0.717, 1.165) is 36.8 Å². The second-order valence-electron chi connectivity index (χ2n) is 5.08. The molecule has 0 aromatic carbocycles. The molecular weight excluding hydrogens is 254 g/mol. The monoisotopic (exact) mass is 277 g/mol. The van der Waals surface area contributed by atoms with E-state index in [1.165, 1.54) is 0 Å². The molecule has 1 aliphatic carbocycles. The van der Waals surface area contributed by atoms with E-state index in [1.807, 2.05) is 31.9 Å². The molecule has 0 aliphatic heterocycles. The molecule has 1 fully saturated rings. The molecule has 0 atom stereocenters. The van der Waals surface area contributed by atoms with Gasteiger partial charge in [-0.15, -0.1) is 0 Å². The lowest BCUT2D eigenvalue weighted by atomic mass is 10.3. The van der Waals surface area contributed by atoms with Crippen LogP contribution in [0.4, 0.5) is 11.6 Å². The molecule has 1 saturated carbocycles. The highest BCUT2D eigenvalue weighted by atomic mass is 16.2. The van der Waals surface area contributed by atoms with Crippen LogP contribution in [-0.2, 0) is 4.79 Å². The summed E-state index contributed by atoms with van der Waals surface area (Å²) in [6.45, 7) is 5.72. The number of likely N-dealkylation sites (N-methyl/N-ethyl adjacent to an activating group) is 2. The third-order valence-corrected chi connectivity index (χ3v) is 3.18. The van der Waals surface area contributed by atoms with E-state index in [2.05, 4.69) is 20.6 Å². The van der Waals surface area contributed by atoms with Crippen molar-refractivity contribution in [2.45, 2.75) is 32.6 Å². The van der Waals surface area contributed by atoms with Gasteiger partial charge in [0.15, 0.2) is 0 Å². The summed E-state index contributed by atoms with van der Waals surface area (Å²) in [6.07, 6.45) is 2.32. The molecule has 110 valence electrons. The smallest absolute Gasteiger partial charge is 0.239 e. The average Bonchev–Trinajstić information content (AvgIpc) is 3.23. The zero-order valence-corrected chi connectivity index (χ0v) is 12.4. The van der Waals surface area contributed by atoms with Crippen molar-refractivity contribution in [3.63, 3.8) is 0 Å². The summed E-state index contributed by atoms with van der Waals surface area (Å²) in [5, 5.41) is 6.02. The van der Waals surface area contributed by atoms with Crippen molar-refractivity contribution in [3.8, 4) is 0 Å². The number of hydrogen-bond acceptors (Lipinski definition) is 5. The number of aromatic nitrogens is 2. The number of anilines is 2. The molecule has 6 heteroatoms. The maximum absolute atomic E-state index is 11.7. The van der Waals surface area contributed by atoms with Crippen LogP contribution < -0.4 is 15.5 Å². The standard InChI is InChI=1S/C14H23N5O/c1-4-15-11-8-12(18-14(17-11)10-6-7-10)19(3)9-13(20)16-5-2/h8,10H,4-7,9H2,1-3H3,(H,16,20)(H,15,17,18). The van der Waals surface area contributed by atoms with Gasteiger partial charge in [-0.25, -0.2) is 9.97 Å². The van der Waals surface area contributed by atoms with Crippen LogP contribution in [0.5, 0.6) is 0 Å². The van der Waals surface area contributed by atoms with Crippen molar-refractivity contribution in [3.05, 3.63) is 11.9 Å². The Bertz CT molecular complexity index is 473. The van der Waals surface area contributed by atoms with Crippen molar-refractivity contribution in [2.75, 3.05) is 36.9 Å². The van der Waals surface area contributed by atoms with Gasteiger partial charge in [-0.2, -0.15) is 0 Å². The summed E-state index contributed by atoms with van der Waals surface area (Å²) in [4.78, 5) is 22.6. The van der Waals surface area contributed by atoms with Crippen LogP contribution in [0.3, 0.4) is 0 Å². The predicted molar refractivity (Wildman–Crippen MR) is 80.1 cm³/mol. The van der Waals surface area contributed by atoms with E-state index >= 15 is 0 Å². The van der Waals surface area contributed by atoms with Crippen LogP contribution in [0, 0.1) is 0 Å². The van der Waals surface area contributed by atoms with Crippen LogP contribution in [0.1, 0.15) is 38.4 Å². The zero-order chi connectivity index (χ0) is 14.5. The topological polar surface area (TPSA) is 70.2 Å². The molecule has 0 bridgehead atoms. The molecule has 20 heavy (non-hydrogen) atoms. The third-order valence-electron chi connectivity index (χ3n) is 3.18. The lowest BCUT2D eigenvalue weighted by Gasteiger charge is -2.19. The molecule has 1 heterocycles. The number of nitrogens with zero attached hydrogens (tertiary/aromatic N) is 3. The number of carbonyl (C=O) groups excluding carboxylic acids is 1. The van der Waals surface area contributed by atoms with E-state index in [9.17, 15) is 4.79 Å². The Kier molecular flexibility index (Phi) is 4.76. The summed E-state index contributed by atoms with van der Waals surface area (Å²) in [7, 11) is 1.88. The van der Waals surface area contributed by atoms with Gasteiger partial charge in [-0.3, -0.25) is 4.79 Å². The van der Waals surface area contributed by atoms with Gasteiger partial charge < -0.3 is 15.5 Å². The maximum atomic E-state index is 11.7. The van der Waals surface area contributed by atoms with Gasteiger partial charge in [0.2, 0.25) is 5.91 Å². The Morgan fingerprint density at radius 2 is 2.10 bits per heavy atom. The molecule has 0 saturated heterocycles. The van der Waals surface area contributed by atoms with Crippen molar-refractivity contribution >= 4 is 17.5 Å². The van der Waals surface area contributed by atoms with Crippen molar-refractivity contribution in [2.24, 2.45) is 0 Å². The molecule has 2 N–H and O–H groups in total. The second-order valence-corrected chi connectivity index (χ2v) is 5.08. The zero-order valence-electron chi connectivity index (χ0n) is 12.4. The van der Waals surface area contributed by atoms with Gasteiger partial charge in [-0.1, -0.05) is 0 Å². The molecule has 0 radical (unpaired) electrons. The fraction of sp³-hybridized carbons (Fsp3) is 0.643. The van der Waals surface area contributed by atoms with Gasteiger partial charge in [0, 0.05) is 32.1 Å². The van der Waals surface area contributed by atoms with Crippen LogP contribution >= 0.6 is 0 Å². The minimum Gasteiger partial charge on any atom is -0.370 e. The molecule has 2 rings (SSSR count). The van der Waals surface area contributed by atoms with E-state index in [-0.39, 0.29) is 5.91 Å². The Morgan fingerprint density at radius 1 is 1.35 bits per heavy atom. The third kappa shape index (κ3) is 3.82. The molecule has 1 aromatic heterocycles. The van der Waals surface area contributed by atoms with Gasteiger partial charge >= 0.3 is 0 Å². The van der Waals surface area contributed by atoms with Crippen LogP contribution in [0.25, 0.3) is 0 Å². The molecule has 0 unspecified atom stereocenters. The van der Waals surface area contributed by atoms with E-state index in [0.29, 0.717) is 19.0 Å². The summed E-state index contributed by atoms with van der Waals surface area (Å²) >= 11 is 0. The van der Waals surface area contributed by atoms with Gasteiger partial charge in [0.25, 0.3) is 0 Å². The maximum Gasteiger partial charge on any atom is 0.239 e. The number of nitrogens with one attached hydrogen (secondary N) is 2.